The summed E-state index contributed by atoms with van der Waals surface area (Å²) in [5.41, 5.74) is 2.99. The van der Waals surface area contributed by atoms with E-state index in [0.717, 1.165) is 48.7 Å². The van der Waals surface area contributed by atoms with Crippen LogP contribution in [0.1, 0.15) is 23.2 Å². The van der Waals surface area contributed by atoms with Gasteiger partial charge in [-0.1, -0.05) is 12.1 Å². The van der Waals surface area contributed by atoms with Crippen LogP contribution in [-0.2, 0) is 28.9 Å². The molecule has 4 rings (SSSR count). The number of hydrogen-bond donors (Lipinski definition) is 1. The molecule has 0 bridgehead atoms. The predicted octanol–water partition coefficient (Wildman–Crippen LogP) is 1.87. The van der Waals surface area contributed by atoms with Gasteiger partial charge in [-0.05, 0) is 42.5 Å². The van der Waals surface area contributed by atoms with Crippen LogP contribution in [0.2, 0.25) is 0 Å². The fourth-order valence-electron chi connectivity index (χ4n) is 3.57. The molecule has 1 unspecified atom stereocenters. The molecule has 1 aromatic heterocycles. The molecule has 7 heteroatoms. The molecule has 1 fully saturated rings. The third-order valence-electron chi connectivity index (χ3n) is 5.18. The van der Waals surface area contributed by atoms with Gasteiger partial charge in [0.15, 0.2) is 0 Å². The topological polar surface area (TPSA) is 67.4 Å². The minimum Gasteiger partial charge on any atom is -0.378 e. The van der Waals surface area contributed by atoms with E-state index < -0.39 is 0 Å². The van der Waals surface area contributed by atoms with Gasteiger partial charge < -0.3 is 15.0 Å². The number of anilines is 1. The largest absolute Gasteiger partial charge is 0.378 e. The lowest BCUT2D eigenvalue weighted by Gasteiger charge is -2.28. The summed E-state index contributed by atoms with van der Waals surface area (Å²) < 4.78 is 18.3. The molecule has 1 atom stereocenters. The molecule has 27 heavy (non-hydrogen) atoms. The number of benzene rings is 1. The summed E-state index contributed by atoms with van der Waals surface area (Å²) in [4.78, 5) is 23.9. The Kier molecular flexibility index (Phi) is 5.29. The molecule has 0 radical (unpaired) electrons. The fourth-order valence-corrected chi connectivity index (χ4v) is 3.57. The molecule has 2 aliphatic rings. The molecular weight excluding hydrogens is 347 g/mol. The van der Waals surface area contributed by atoms with Crippen molar-refractivity contribution in [1.29, 1.82) is 0 Å². The number of hydrogen-bond acceptors (Lipinski definition) is 5. The van der Waals surface area contributed by atoms with E-state index in [-0.39, 0.29) is 17.6 Å². The maximum atomic E-state index is 13.0. The van der Waals surface area contributed by atoms with Gasteiger partial charge in [0.2, 0.25) is 11.9 Å². The lowest BCUT2D eigenvalue weighted by molar-refractivity contribution is -0.125. The van der Waals surface area contributed by atoms with Gasteiger partial charge in [-0.15, -0.1) is 0 Å². The number of rotatable bonds is 4. The van der Waals surface area contributed by atoms with Gasteiger partial charge in [-0.3, -0.25) is 4.79 Å². The quantitative estimate of drug-likeness (QED) is 0.890. The molecule has 2 heterocycles. The Morgan fingerprint density at radius 1 is 1.26 bits per heavy atom. The van der Waals surface area contributed by atoms with E-state index in [1.165, 1.54) is 12.1 Å². The van der Waals surface area contributed by atoms with Crippen LogP contribution in [0.5, 0.6) is 0 Å². The van der Waals surface area contributed by atoms with Crippen molar-refractivity contribution in [3.8, 4) is 0 Å². The van der Waals surface area contributed by atoms with Crippen molar-refractivity contribution in [2.75, 3.05) is 31.2 Å². The number of nitrogens with one attached hydrogen (secondary N) is 1. The summed E-state index contributed by atoms with van der Waals surface area (Å²) in [7, 11) is 0. The number of aromatic nitrogens is 2. The van der Waals surface area contributed by atoms with Gasteiger partial charge in [0.25, 0.3) is 0 Å². The highest BCUT2D eigenvalue weighted by Crippen LogP contribution is 2.25. The maximum absolute atomic E-state index is 13.0. The van der Waals surface area contributed by atoms with Crippen molar-refractivity contribution < 1.29 is 13.9 Å². The summed E-state index contributed by atoms with van der Waals surface area (Å²) in [5.74, 6) is 0.444. The standard InChI is InChI=1S/C20H23FN4O2/c21-17-4-1-14(2-5-17)12-22-19(26)15-3-6-18-16(11-15)13-23-20(24-18)25-7-9-27-10-8-25/h1-2,4-5,13,15H,3,6-12H2,(H,22,26). The summed E-state index contributed by atoms with van der Waals surface area (Å²) in [6, 6.07) is 6.18. The second-order valence-electron chi connectivity index (χ2n) is 7.03. The van der Waals surface area contributed by atoms with Crippen molar-refractivity contribution >= 4 is 11.9 Å². The van der Waals surface area contributed by atoms with Crippen molar-refractivity contribution in [3.63, 3.8) is 0 Å². The van der Waals surface area contributed by atoms with Crippen LogP contribution < -0.4 is 10.2 Å². The smallest absolute Gasteiger partial charge is 0.225 e. The Morgan fingerprint density at radius 3 is 2.81 bits per heavy atom. The molecule has 1 saturated heterocycles. The molecular formula is C20H23FN4O2. The zero-order chi connectivity index (χ0) is 18.6. The van der Waals surface area contributed by atoms with Gasteiger partial charge >= 0.3 is 0 Å². The Balaban J connectivity index is 1.36. The van der Waals surface area contributed by atoms with E-state index in [4.69, 9.17) is 9.72 Å². The van der Waals surface area contributed by atoms with E-state index in [1.807, 2.05) is 6.20 Å². The molecule has 1 aliphatic heterocycles. The predicted molar refractivity (Wildman–Crippen MR) is 98.8 cm³/mol. The lowest BCUT2D eigenvalue weighted by atomic mass is 9.86. The highest BCUT2D eigenvalue weighted by molar-refractivity contribution is 5.79. The van der Waals surface area contributed by atoms with E-state index >= 15 is 0 Å². The number of carbonyl (C=O) groups is 1. The molecule has 1 aliphatic carbocycles. The Hall–Kier alpha value is -2.54. The number of aryl methyl sites for hydroxylation is 1. The van der Waals surface area contributed by atoms with Crippen LogP contribution in [0.4, 0.5) is 10.3 Å². The summed E-state index contributed by atoms with van der Waals surface area (Å²) in [6.07, 6.45) is 4.09. The number of fused-ring (bicyclic) bond motifs is 1. The highest BCUT2D eigenvalue weighted by Gasteiger charge is 2.26. The average molecular weight is 370 g/mol. The van der Waals surface area contributed by atoms with Crippen molar-refractivity contribution in [2.24, 2.45) is 5.92 Å². The van der Waals surface area contributed by atoms with Crippen molar-refractivity contribution in [2.45, 2.75) is 25.8 Å². The first kappa shape index (κ1) is 17.9. The molecule has 2 aromatic rings. The van der Waals surface area contributed by atoms with E-state index in [1.54, 1.807) is 12.1 Å². The van der Waals surface area contributed by atoms with Gasteiger partial charge in [-0.25, -0.2) is 14.4 Å². The van der Waals surface area contributed by atoms with Crippen LogP contribution in [0.25, 0.3) is 0 Å². The third-order valence-corrected chi connectivity index (χ3v) is 5.18. The Morgan fingerprint density at radius 2 is 2.04 bits per heavy atom. The van der Waals surface area contributed by atoms with Crippen molar-refractivity contribution in [3.05, 3.63) is 53.1 Å². The first-order valence-electron chi connectivity index (χ1n) is 9.38. The highest BCUT2D eigenvalue weighted by atomic mass is 19.1. The molecule has 0 spiro atoms. The SMILES string of the molecule is O=C(NCc1ccc(F)cc1)C1CCc2nc(N3CCOCC3)ncc2C1. The number of morpholine rings is 1. The number of amides is 1. The molecule has 1 aromatic carbocycles. The summed E-state index contributed by atoms with van der Waals surface area (Å²) >= 11 is 0. The number of halogens is 1. The first-order valence-corrected chi connectivity index (χ1v) is 9.38. The number of ether oxygens (including phenoxy) is 1. The van der Waals surface area contributed by atoms with Crippen LogP contribution in [-0.4, -0.2) is 42.2 Å². The average Bonchev–Trinajstić information content (AvgIpc) is 2.73. The van der Waals surface area contributed by atoms with Crippen LogP contribution in [0.3, 0.4) is 0 Å². The van der Waals surface area contributed by atoms with Gasteiger partial charge in [-0.2, -0.15) is 0 Å². The molecule has 0 saturated carbocycles. The molecule has 142 valence electrons. The first-order chi connectivity index (χ1) is 13.2. The number of nitrogens with zero attached hydrogens (tertiary/aromatic N) is 3. The van der Waals surface area contributed by atoms with E-state index in [2.05, 4.69) is 15.2 Å². The third kappa shape index (κ3) is 4.24. The zero-order valence-electron chi connectivity index (χ0n) is 15.2. The lowest BCUT2D eigenvalue weighted by Crippen LogP contribution is -2.38. The maximum Gasteiger partial charge on any atom is 0.225 e. The Labute approximate surface area is 157 Å². The minimum absolute atomic E-state index is 0.0298. The second-order valence-corrected chi connectivity index (χ2v) is 7.03. The fraction of sp³-hybridized carbons (Fsp3) is 0.450. The van der Waals surface area contributed by atoms with Crippen LogP contribution >= 0.6 is 0 Å². The molecule has 6 nitrogen and oxygen atoms in total. The minimum atomic E-state index is -0.273. The van der Waals surface area contributed by atoms with Crippen LogP contribution in [0, 0.1) is 11.7 Å². The van der Waals surface area contributed by atoms with Gasteiger partial charge in [0.1, 0.15) is 5.82 Å². The van der Waals surface area contributed by atoms with Crippen LogP contribution in [0.15, 0.2) is 30.5 Å². The summed E-state index contributed by atoms with van der Waals surface area (Å²) in [5, 5.41) is 2.96. The van der Waals surface area contributed by atoms with Gasteiger partial charge in [0, 0.05) is 37.4 Å². The molecule has 1 N–H and O–H groups in total. The van der Waals surface area contributed by atoms with E-state index in [0.29, 0.717) is 26.2 Å². The second kappa shape index (κ2) is 8.00. The van der Waals surface area contributed by atoms with Gasteiger partial charge in [0.05, 0.1) is 13.2 Å². The van der Waals surface area contributed by atoms with E-state index in [9.17, 15) is 9.18 Å². The summed E-state index contributed by atoms with van der Waals surface area (Å²) in [6.45, 7) is 3.45. The number of carbonyl (C=O) groups excluding carboxylic acids is 1. The molecule has 1 amide bonds. The Bertz CT molecular complexity index is 806. The van der Waals surface area contributed by atoms with Crippen molar-refractivity contribution in [1.82, 2.24) is 15.3 Å². The monoisotopic (exact) mass is 370 g/mol. The zero-order valence-corrected chi connectivity index (χ0v) is 15.2. The normalized spacial score (nSPS) is 19.4.